The number of rotatable bonds is 5. The number of hydrogen-bond acceptors (Lipinski definition) is 3. The predicted octanol–water partition coefficient (Wildman–Crippen LogP) is 1.22. The monoisotopic (exact) mass is 221 g/mol. The van der Waals surface area contributed by atoms with Gasteiger partial charge in [-0.15, -0.1) is 0 Å². The molecule has 0 aliphatic rings. The molecule has 0 saturated heterocycles. The largest absolute Gasteiger partial charge is 0.383 e. The second-order valence-electron chi connectivity index (χ2n) is 3.42. The van der Waals surface area contributed by atoms with Gasteiger partial charge in [-0.05, 0) is 6.07 Å². The lowest BCUT2D eigenvalue weighted by atomic mass is 10.1. The number of nitrogens with zero attached hydrogens (tertiary/aromatic N) is 1. The van der Waals surface area contributed by atoms with E-state index < -0.39 is 0 Å². The van der Waals surface area contributed by atoms with Gasteiger partial charge in [0.2, 0.25) is 0 Å². The number of likely N-dealkylation sites (N-methyl/N-ethyl adjacent to an activating group) is 1. The number of aldehydes is 1. The topological polar surface area (TPSA) is 46.6 Å². The summed E-state index contributed by atoms with van der Waals surface area (Å²) in [6.45, 7) is 0.980. The van der Waals surface area contributed by atoms with Crippen LogP contribution in [0.5, 0.6) is 0 Å². The molecule has 0 atom stereocenters. The van der Waals surface area contributed by atoms with Crippen molar-refractivity contribution in [1.82, 2.24) is 4.90 Å². The third kappa shape index (κ3) is 2.90. The van der Waals surface area contributed by atoms with Crippen LogP contribution in [-0.2, 0) is 4.74 Å². The maximum absolute atomic E-state index is 11.9. The lowest BCUT2D eigenvalue weighted by Gasteiger charge is -2.17. The Bertz CT molecular complexity index is 376. The van der Waals surface area contributed by atoms with E-state index in [9.17, 15) is 9.59 Å². The number of methoxy groups -OCH3 is 1. The Morgan fingerprint density at radius 2 is 2.12 bits per heavy atom. The fourth-order valence-corrected chi connectivity index (χ4v) is 1.33. The van der Waals surface area contributed by atoms with E-state index in [1.807, 2.05) is 0 Å². The molecule has 0 bridgehead atoms. The van der Waals surface area contributed by atoms with Gasteiger partial charge >= 0.3 is 0 Å². The van der Waals surface area contributed by atoms with E-state index >= 15 is 0 Å². The van der Waals surface area contributed by atoms with Crippen molar-refractivity contribution in [1.29, 1.82) is 0 Å². The molecule has 4 heteroatoms. The minimum absolute atomic E-state index is 0.167. The van der Waals surface area contributed by atoms with E-state index in [-0.39, 0.29) is 5.91 Å². The van der Waals surface area contributed by atoms with Crippen molar-refractivity contribution in [3.8, 4) is 0 Å². The second kappa shape index (κ2) is 6.02. The smallest absolute Gasteiger partial charge is 0.254 e. The summed E-state index contributed by atoms with van der Waals surface area (Å²) in [5, 5.41) is 0. The van der Waals surface area contributed by atoms with Crippen molar-refractivity contribution in [2.24, 2.45) is 0 Å². The summed E-state index contributed by atoms with van der Waals surface area (Å²) in [6.07, 6.45) is 0.692. The molecule has 0 aromatic heterocycles. The number of ether oxygens (including phenoxy) is 1. The SMILES string of the molecule is COCCN(C)C(=O)c1ccccc1C=O. The molecule has 86 valence electrons. The lowest BCUT2D eigenvalue weighted by molar-refractivity contribution is 0.0741. The summed E-state index contributed by atoms with van der Waals surface area (Å²) in [5.74, 6) is -0.167. The van der Waals surface area contributed by atoms with E-state index in [1.165, 1.54) is 4.90 Å². The van der Waals surface area contributed by atoms with Crippen molar-refractivity contribution in [2.75, 3.05) is 27.3 Å². The van der Waals surface area contributed by atoms with Gasteiger partial charge in [-0.25, -0.2) is 0 Å². The fourth-order valence-electron chi connectivity index (χ4n) is 1.33. The van der Waals surface area contributed by atoms with E-state index in [4.69, 9.17) is 4.74 Å². The van der Waals surface area contributed by atoms with Crippen LogP contribution in [0.25, 0.3) is 0 Å². The molecule has 1 rings (SSSR count). The summed E-state index contributed by atoms with van der Waals surface area (Å²) in [6, 6.07) is 6.75. The molecule has 0 fully saturated rings. The summed E-state index contributed by atoms with van der Waals surface area (Å²) >= 11 is 0. The van der Waals surface area contributed by atoms with Gasteiger partial charge in [0, 0.05) is 26.3 Å². The zero-order chi connectivity index (χ0) is 12.0. The minimum atomic E-state index is -0.167. The molecular weight excluding hydrogens is 206 g/mol. The zero-order valence-corrected chi connectivity index (χ0v) is 9.47. The molecule has 1 amide bonds. The second-order valence-corrected chi connectivity index (χ2v) is 3.42. The van der Waals surface area contributed by atoms with Crippen LogP contribution >= 0.6 is 0 Å². The Morgan fingerprint density at radius 3 is 2.75 bits per heavy atom. The molecule has 0 aliphatic heterocycles. The third-order valence-electron chi connectivity index (χ3n) is 2.30. The number of carbonyl (C=O) groups is 2. The normalized spacial score (nSPS) is 9.88. The maximum atomic E-state index is 11.9. The first-order valence-corrected chi connectivity index (χ1v) is 4.99. The number of hydrogen-bond donors (Lipinski definition) is 0. The molecule has 0 spiro atoms. The highest BCUT2D eigenvalue weighted by Gasteiger charge is 2.14. The van der Waals surface area contributed by atoms with Crippen LogP contribution < -0.4 is 0 Å². The van der Waals surface area contributed by atoms with Gasteiger partial charge in [-0.2, -0.15) is 0 Å². The highest BCUT2D eigenvalue weighted by Crippen LogP contribution is 2.08. The van der Waals surface area contributed by atoms with Crippen LogP contribution in [0, 0.1) is 0 Å². The Balaban J connectivity index is 2.83. The molecule has 0 unspecified atom stereocenters. The molecule has 4 nitrogen and oxygen atoms in total. The third-order valence-corrected chi connectivity index (χ3v) is 2.30. The van der Waals surface area contributed by atoms with Gasteiger partial charge in [-0.3, -0.25) is 9.59 Å². The molecule has 0 saturated carbocycles. The van der Waals surface area contributed by atoms with Crippen LogP contribution in [0.2, 0.25) is 0 Å². The molecule has 0 aliphatic carbocycles. The Labute approximate surface area is 94.8 Å². The number of carbonyl (C=O) groups excluding carboxylic acids is 2. The van der Waals surface area contributed by atoms with E-state index in [2.05, 4.69) is 0 Å². The molecule has 0 radical (unpaired) electrons. The highest BCUT2D eigenvalue weighted by molar-refractivity contribution is 6.01. The first kappa shape index (κ1) is 12.4. The Morgan fingerprint density at radius 1 is 1.44 bits per heavy atom. The Kier molecular flexibility index (Phi) is 4.66. The van der Waals surface area contributed by atoms with Gasteiger partial charge in [0.25, 0.3) is 5.91 Å². The number of benzene rings is 1. The van der Waals surface area contributed by atoms with Crippen LogP contribution in [0.1, 0.15) is 20.7 Å². The average Bonchev–Trinajstić information content (AvgIpc) is 2.34. The van der Waals surface area contributed by atoms with E-state index in [1.54, 1.807) is 38.4 Å². The fraction of sp³-hybridized carbons (Fsp3) is 0.333. The molecular formula is C12H15NO3. The molecule has 0 N–H and O–H groups in total. The van der Waals surface area contributed by atoms with Crippen molar-refractivity contribution < 1.29 is 14.3 Å². The predicted molar refractivity (Wildman–Crippen MR) is 60.7 cm³/mol. The molecule has 1 aromatic rings. The minimum Gasteiger partial charge on any atom is -0.383 e. The summed E-state index contributed by atoms with van der Waals surface area (Å²) in [7, 11) is 3.26. The highest BCUT2D eigenvalue weighted by atomic mass is 16.5. The van der Waals surface area contributed by atoms with Crippen LogP contribution in [0.15, 0.2) is 24.3 Å². The van der Waals surface area contributed by atoms with Crippen LogP contribution in [0.4, 0.5) is 0 Å². The van der Waals surface area contributed by atoms with Gasteiger partial charge in [0.15, 0.2) is 6.29 Å². The lowest BCUT2D eigenvalue weighted by Crippen LogP contribution is -2.30. The summed E-state index contributed by atoms with van der Waals surface area (Å²) in [5.41, 5.74) is 0.841. The number of amides is 1. The first-order valence-electron chi connectivity index (χ1n) is 4.99. The van der Waals surface area contributed by atoms with Gasteiger partial charge < -0.3 is 9.64 Å². The molecule has 16 heavy (non-hydrogen) atoms. The van der Waals surface area contributed by atoms with Crippen LogP contribution in [-0.4, -0.2) is 44.4 Å². The maximum Gasteiger partial charge on any atom is 0.254 e. The standard InChI is InChI=1S/C12H15NO3/c1-13(7-8-16-2)12(15)11-6-4-3-5-10(11)9-14/h3-6,9H,7-8H2,1-2H3. The van der Waals surface area contributed by atoms with Crippen molar-refractivity contribution in [3.05, 3.63) is 35.4 Å². The average molecular weight is 221 g/mol. The quantitative estimate of drug-likeness (QED) is 0.702. The zero-order valence-electron chi connectivity index (χ0n) is 9.47. The molecule has 1 aromatic carbocycles. The van der Waals surface area contributed by atoms with Crippen molar-refractivity contribution in [2.45, 2.75) is 0 Å². The van der Waals surface area contributed by atoms with Gasteiger partial charge in [0.1, 0.15) is 0 Å². The Hall–Kier alpha value is -1.68. The summed E-state index contributed by atoms with van der Waals surface area (Å²) < 4.78 is 4.89. The van der Waals surface area contributed by atoms with Crippen LogP contribution in [0.3, 0.4) is 0 Å². The van der Waals surface area contributed by atoms with Gasteiger partial charge in [-0.1, -0.05) is 18.2 Å². The molecule has 0 heterocycles. The first-order chi connectivity index (χ1) is 7.70. The van der Waals surface area contributed by atoms with E-state index in [0.29, 0.717) is 30.6 Å². The van der Waals surface area contributed by atoms with Gasteiger partial charge in [0.05, 0.1) is 12.2 Å². The summed E-state index contributed by atoms with van der Waals surface area (Å²) in [4.78, 5) is 24.2. The van der Waals surface area contributed by atoms with Crippen molar-refractivity contribution in [3.63, 3.8) is 0 Å². The van der Waals surface area contributed by atoms with E-state index in [0.717, 1.165) is 0 Å². The van der Waals surface area contributed by atoms with Crippen molar-refractivity contribution >= 4 is 12.2 Å².